The Balaban J connectivity index is 2.64. The normalized spacial score (nSPS) is 15.1. The van der Waals surface area contributed by atoms with Crippen LogP contribution >= 0.6 is 11.6 Å². The highest BCUT2D eigenvalue weighted by atomic mass is 35.5. The topological polar surface area (TPSA) is 33.1 Å². The number of rotatable bonds is 4. The number of pyridine rings is 1. The van der Waals surface area contributed by atoms with Gasteiger partial charge in [-0.2, -0.15) is 0 Å². The van der Waals surface area contributed by atoms with E-state index in [1.807, 2.05) is 0 Å². The third-order valence-corrected chi connectivity index (χ3v) is 2.66. The highest BCUT2D eigenvalue weighted by Gasteiger charge is 2.11. The van der Waals surface area contributed by atoms with E-state index in [2.05, 4.69) is 18.8 Å². The van der Waals surface area contributed by atoms with Gasteiger partial charge in [0.05, 0.1) is 6.10 Å². The van der Waals surface area contributed by atoms with Gasteiger partial charge in [0.1, 0.15) is 5.15 Å². The summed E-state index contributed by atoms with van der Waals surface area (Å²) in [5.74, 6) is 0.525. The van der Waals surface area contributed by atoms with Gasteiger partial charge >= 0.3 is 0 Å². The maximum absolute atomic E-state index is 9.86. The number of nitrogens with zero attached hydrogens (tertiary/aromatic N) is 1. The van der Waals surface area contributed by atoms with E-state index in [4.69, 9.17) is 11.6 Å². The molecule has 1 rings (SSSR count). The Morgan fingerprint density at radius 1 is 1.57 bits per heavy atom. The first-order chi connectivity index (χ1) is 6.63. The molecule has 0 spiro atoms. The zero-order valence-electron chi connectivity index (χ0n) is 8.57. The van der Waals surface area contributed by atoms with E-state index in [9.17, 15) is 5.11 Å². The second kappa shape index (κ2) is 5.32. The van der Waals surface area contributed by atoms with E-state index in [1.165, 1.54) is 0 Å². The Morgan fingerprint density at radius 2 is 2.29 bits per heavy atom. The SMILES string of the molecule is CCC(C)CC(O)c1ccnc(Cl)c1. The molecule has 2 nitrogen and oxygen atoms in total. The van der Waals surface area contributed by atoms with Crippen molar-refractivity contribution in [2.45, 2.75) is 32.8 Å². The molecule has 1 aromatic rings. The van der Waals surface area contributed by atoms with E-state index in [0.717, 1.165) is 18.4 Å². The Kier molecular flexibility index (Phi) is 4.36. The molecule has 0 saturated carbocycles. The molecule has 0 aliphatic rings. The summed E-state index contributed by atoms with van der Waals surface area (Å²) in [5.41, 5.74) is 0.852. The maximum atomic E-state index is 9.86. The van der Waals surface area contributed by atoms with E-state index in [1.54, 1.807) is 18.3 Å². The van der Waals surface area contributed by atoms with Crippen LogP contribution in [0.3, 0.4) is 0 Å². The van der Waals surface area contributed by atoms with Crippen LogP contribution < -0.4 is 0 Å². The molecular weight excluding hydrogens is 198 g/mol. The quantitative estimate of drug-likeness (QED) is 0.780. The van der Waals surface area contributed by atoms with Crippen LogP contribution in [0.25, 0.3) is 0 Å². The number of halogens is 1. The van der Waals surface area contributed by atoms with Gasteiger partial charge in [0, 0.05) is 6.20 Å². The molecule has 0 fully saturated rings. The third kappa shape index (κ3) is 3.28. The molecule has 1 heterocycles. The molecule has 78 valence electrons. The molecule has 1 aromatic heterocycles. The summed E-state index contributed by atoms with van der Waals surface area (Å²) in [4.78, 5) is 3.88. The summed E-state index contributed by atoms with van der Waals surface area (Å²) < 4.78 is 0. The standard InChI is InChI=1S/C11H16ClNO/c1-3-8(2)6-10(14)9-4-5-13-11(12)7-9/h4-5,7-8,10,14H,3,6H2,1-2H3. The molecule has 2 atom stereocenters. The molecule has 0 radical (unpaired) electrons. The largest absolute Gasteiger partial charge is 0.388 e. The summed E-state index contributed by atoms with van der Waals surface area (Å²) >= 11 is 5.74. The molecule has 0 saturated heterocycles. The molecule has 0 bridgehead atoms. The van der Waals surface area contributed by atoms with Crippen LogP contribution in [-0.4, -0.2) is 10.1 Å². The van der Waals surface area contributed by atoms with Gasteiger partial charge < -0.3 is 5.11 Å². The molecule has 0 aliphatic heterocycles. The van der Waals surface area contributed by atoms with Gasteiger partial charge in [-0.1, -0.05) is 31.9 Å². The van der Waals surface area contributed by atoms with Gasteiger partial charge in [0.25, 0.3) is 0 Å². The van der Waals surface area contributed by atoms with E-state index in [-0.39, 0.29) is 0 Å². The molecule has 0 amide bonds. The molecular formula is C11H16ClNO. The van der Waals surface area contributed by atoms with Gasteiger partial charge in [0.2, 0.25) is 0 Å². The van der Waals surface area contributed by atoms with Crippen molar-refractivity contribution in [2.75, 3.05) is 0 Å². The lowest BCUT2D eigenvalue weighted by molar-refractivity contribution is 0.146. The van der Waals surface area contributed by atoms with Crippen molar-refractivity contribution < 1.29 is 5.11 Å². The second-order valence-corrected chi connectivity index (χ2v) is 4.06. The number of hydrogen-bond donors (Lipinski definition) is 1. The predicted octanol–water partition coefficient (Wildman–Crippen LogP) is 3.20. The lowest BCUT2D eigenvalue weighted by Gasteiger charge is -2.15. The highest BCUT2D eigenvalue weighted by molar-refractivity contribution is 6.29. The monoisotopic (exact) mass is 213 g/mol. The van der Waals surface area contributed by atoms with Gasteiger partial charge in [-0.3, -0.25) is 0 Å². The van der Waals surface area contributed by atoms with Crippen LogP contribution in [0.5, 0.6) is 0 Å². The summed E-state index contributed by atoms with van der Waals surface area (Å²) in [5, 5.41) is 10.3. The number of aliphatic hydroxyl groups excluding tert-OH is 1. The van der Waals surface area contributed by atoms with Crippen molar-refractivity contribution >= 4 is 11.6 Å². The molecule has 2 unspecified atom stereocenters. The van der Waals surface area contributed by atoms with Crippen molar-refractivity contribution in [3.63, 3.8) is 0 Å². The Hall–Kier alpha value is -0.600. The Morgan fingerprint density at radius 3 is 2.86 bits per heavy atom. The maximum Gasteiger partial charge on any atom is 0.129 e. The average Bonchev–Trinajstić information content (AvgIpc) is 2.17. The summed E-state index contributed by atoms with van der Waals surface area (Å²) in [6, 6.07) is 3.52. The summed E-state index contributed by atoms with van der Waals surface area (Å²) in [6.45, 7) is 4.25. The van der Waals surface area contributed by atoms with E-state index in [0.29, 0.717) is 11.1 Å². The van der Waals surface area contributed by atoms with E-state index < -0.39 is 6.10 Å². The molecule has 1 N–H and O–H groups in total. The Labute approximate surface area is 89.9 Å². The van der Waals surface area contributed by atoms with Crippen LogP contribution in [0.4, 0.5) is 0 Å². The minimum absolute atomic E-state index is 0.426. The predicted molar refractivity (Wildman–Crippen MR) is 58.3 cm³/mol. The van der Waals surface area contributed by atoms with Crippen molar-refractivity contribution in [2.24, 2.45) is 5.92 Å². The van der Waals surface area contributed by atoms with Crippen molar-refractivity contribution in [1.82, 2.24) is 4.98 Å². The molecule has 14 heavy (non-hydrogen) atoms. The second-order valence-electron chi connectivity index (χ2n) is 3.68. The van der Waals surface area contributed by atoms with Gasteiger partial charge in [-0.05, 0) is 30.0 Å². The number of hydrogen-bond acceptors (Lipinski definition) is 2. The number of aliphatic hydroxyl groups is 1. The zero-order chi connectivity index (χ0) is 10.6. The summed E-state index contributed by atoms with van der Waals surface area (Å²) in [6.07, 6.45) is 3.05. The lowest BCUT2D eigenvalue weighted by Crippen LogP contribution is -2.03. The van der Waals surface area contributed by atoms with Crippen LogP contribution in [0.2, 0.25) is 5.15 Å². The first-order valence-electron chi connectivity index (χ1n) is 4.93. The minimum atomic E-state index is -0.426. The lowest BCUT2D eigenvalue weighted by atomic mass is 9.97. The Bertz CT molecular complexity index is 290. The van der Waals surface area contributed by atoms with Crippen LogP contribution in [-0.2, 0) is 0 Å². The van der Waals surface area contributed by atoms with E-state index >= 15 is 0 Å². The zero-order valence-corrected chi connectivity index (χ0v) is 9.33. The van der Waals surface area contributed by atoms with Gasteiger partial charge in [0.15, 0.2) is 0 Å². The van der Waals surface area contributed by atoms with Crippen molar-refractivity contribution in [3.8, 4) is 0 Å². The average molecular weight is 214 g/mol. The van der Waals surface area contributed by atoms with Crippen molar-refractivity contribution in [1.29, 1.82) is 0 Å². The van der Waals surface area contributed by atoms with Crippen LogP contribution in [0, 0.1) is 5.92 Å². The first-order valence-corrected chi connectivity index (χ1v) is 5.30. The highest BCUT2D eigenvalue weighted by Crippen LogP contribution is 2.23. The van der Waals surface area contributed by atoms with Crippen LogP contribution in [0.15, 0.2) is 18.3 Å². The minimum Gasteiger partial charge on any atom is -0.388 e. The fourth-order valence-corrected chi connectivity index (χ4v) is 1.49. The number of aromatic nitrogens is 1. The van der Waals surface area contributed by atoms with Gasteiger partial charge in [-0.25, -0.2) is 4.98 Å². The van der Waals surface area contributed by atoms with Crippen LogP contribution in [0.1, 0.15) is 38.4 Å². The fourth-order valence-electron chi connectivity index (χ4n) is 1.31. The molecule has 0 aliphatic carbocycles. The van der Waals surface area contributed by atoms with Crippen molar-refractivity contribution in [3.05, 3.63) is 29.0 Å². The van der Waals surface area contributed by atoms with Gasteiger partial charge in [-0.15, -0.1) is 0 Å². The summed E-state index contributed by atoms with van der Waals surface area (Å²) in [7, 11) is 0. The third-order valence-electron chi connectivity index (χ3n) is 2.46. The molecule has 3 heteroatoms. The smallest absolute Gasteiger partial charge is 0.129 e. The first kappa shape index (κ1) is 11.5. The molecule has 0 aromatic carbocycles. The fraction of sp³-hybridized carbons (Fsp3) is 0.545.